The van der Waals surface area contributed by atoms with Crippen LogP contribution in [0.5, 0.6) is 0 Å². The molecule has 5 heteroatoms. The summed E-state index contributed by atoms with van der Waals surface area (Å²) in [6, 6.07) is 8.50. The maximum atomic E-state index is 12.4. The van der Waals surface area contributed by atoms with Gasteiger partial charge < -0.3 is 15.2 Å². The minimum Gasteiger partial charge on any atom is -0.390 e. The zero-order valence-electron chi connectivity index (χ0n) is 14.7. The van der Waals surface area contributed by atoms with Gasteiger partial charge in [-0.1, -0.05) is 24.3 Å². The van der Waals surface area contributed by atoms with E-state index in [0.717, 1.165) is 52.0 Å². The highest BCUT2D eigenvalue weighted by Gasteiger charge is 2.57. The number of benzene rings is 1. The molecule has 0 aromatic heterocycles. The third-order valence-corrected chi connectivity index (χ3v) is 6.19. The molecule has 1 amide bonds. The lowest BCUT2D eigenvalue weighted by Crippen LogP contribution is -2.42. The normalized spacial score (nSPS) is 26.0. The molecule has 2 N–H and O–H groups in total. The maximum Gasteiger partial charge on any atom is 0.223 e. The second-order valence-corrected chi connectivity index (χ2v) is 7.88. The van der Waals surface area contributed by atoms with Gasteiger partial charge in [-0.2, -0.15) is 0 Å². The maximum absolute atomic E-state index is 12.4. The smallest absolute Gasteiger partial charge is 0.223 e. The van der Waals surface area contributed by atoms with Crippen molar-refractivity contribution in [2.45, 2.75) is 38.3 Å². The first-order valence-corrected chi connectivity index (χ1v) is 9.49. The Morgan fingerprint density at radius 2 is 2.08 bits per heavy atom. The topological polar surface area (TPSA) is 61.8 Å². The average Bonchev–Trinajstić information content (AvgIpc) is 3.33. The van der Waals surface area contributed by atoms with Crippen LogP contribution in [0.25, 0.3) is 0 Å². The van der Waals surface area contributed by atoms with E-state index in [2.05, 4.69) is 34.5 Å². The van der Waals surface area contributed by atoms with Crippen molar-refractivity contribution < 1.29 is 14.6 Å². The van der Waals surface area contributed by atoms with E-state index in [4.69, 9.17) is 4.74 Å². The lowest BCUT2D eigenvalue weighted by atomic mass is 9.93. The van der Waals surface area contributed by atoms with Gasteiger partial charge in [-0.25, -0.2) is 0 Å². The molecule has 0 radical (unpaired) electrons. The summed E-state index contributed by atoms with van der Waals surface area (Å²) in [5.74, 6) is 0.246. The summed E-state index contributed by atoms with van der Waals surface area (Å²) in [6.07, 6.45) is 3.50. The molecule has 2 atom stereocenters. The van der Waals surface area contributed by atoms with Gasteiger partial charge in [0.05, 0.1) is 6.10 Å². The van der Waals surface area contributed by atoms with Crippen molar-refractivity contribution in [1.82, 2.24) is 10.2 Å². The number of carbonyl (C=O) groups is 1. The largest absolute Gasteiger partial charge is 0.390 e. The molecule has 2 fully saturated rings. The molecule has 3 aliphatic rings. The molecule has 5 nitrogen and oxygen atoms in total. The summed E-state index contributed by atoms with van der Waals surface area (Å²) in [6.45, 7) is 4.37. The van der Waals surface area contributed by atoms with Gasteiger partial charge in [-0.05, 0) is 42.2 Å². The van der Waals surface area contributed by atoms with Gasteiger partial charge >= 0.3 is 0 Å². The van der Waals surface area contributed by atoms with Crippen LogP contribution in [0, 0.1) is 11.3 Å². The fraction of sp³-hybridized carbons (Fsp3) is 0.650. The molecular formula is C20H28N2O3. The van der Waals surface area contributed by atoms with E-state index in [1.807, 2.05) is 0 Å². The average molecular weight is 344 g/mol. The molecule has 1 aliphatic carbocycles. The Balaban J connectivity index is 1.21. The van der Waals surface area contributed by atoms with E-state index in [9.17, 15) is 9.90 Å². The van der Waals surface area contributed by atoms with Gasteiger partial charge in [0.25, 0.3) is 0 Å². The Labute approximate surface area is 149 Å². The number of amides is 1. The Kier molecular flexibility index (Phi) is 4.80. The second-order valence-electron chi connectivity index (χ2n) is 7.88. The first-order valence-electron chi connectivity index (χ1n) is 9.49. The van der Waals surface area contributed by atoms with Gasteiger partial charge in [-0.15, -0.1) is 0 Å². The number of hydrogen-bond acceptors (Lipinski definition) is 4. The zero-order valence-corrected chi connectivity index (χ0v) is 14.7. The molecular weight excluding hydrogens is 316 g/mol. The van der Waals surface area contributed by atoms with Gasteiger partial charge in [0.15, 0.2) is 0 Å². The molecule has 2 heterocycles. The SMILES string of the molecule is O=C(NCC(O)CN1CCc2ccccc2C1)C1CC12CCOCC2. The van der Waals surface area contributed by atoms with Crippen LogP contribution in [0.1, 0.15) is 30.4 Å². The van der Waals surface area contributed by atoms with Crippen LogP contribution in [-0.4, -0.2) is 54.9 Å². The number of carbonyl (C=O) groups excluding carboxylic acids is 1. The van der Waals surface area contributed by atoms with Gasteiger partial charge in [0, 0.05) is 45.3 Å². The van der Waals surface area contributed by atoms with Crippen LogP contribution in [0.4, 0.5) is 0 Å². The standard InChI is InChI=1S/C20H28N2O3/c23-17(14-22-8-5-15-3-1-2-4-16(15)13-22)12-21-19(24)18-11-20(18)6-9-25-10-7-20/h1-4,17-18,23H,5-14H2,(H,21,24). The number of nitrogens with one attached hydrogen (secondary N) is 1. The molecule has 1 saturated heterocycles. The highest BCUT2D eigenvalue weighted by Crippen LogP contribution is 2.59. The van der Waals surface area contributed by atoms with Crippen molar-refractivity contribution in [3.63, 3.8) is 0 Å². The molecule has 136 valence electrons. The Bertz CT molecular complexity index is 627. The first-order chi connectivity index (χ1) is 12.2. The summed E-state index contributed by atoms with van der Waals surface area (Å²) in [4.78, 5) is 14.6. The summed E-state index contributed by atoms with van der Waals surface area (Å²) in [5, 5.41) is 13.3. The van der Waals surface area contributed by atoms with E-state index in [0.29, 0.717) is 13.1 Å². The van der Waals surface area contributed by atoms with E-state index >= 15 is 0 Å². The van der Waals surface area contributed by atoms with Crippen LogP contribution in [0.3, 0.4) is 0 Å². The predicted octanol–water partition coefficient (Wildman–Crippen LogP) is 1.34. The third-order valence-electron chi connectivity index (χ3n) is 6.19. The zero-order chi connectivity index (χ0) is 17.3. The van der Waals surface area contributed by atoms with Crippen LogP contribution in [0.2, 0.25) is 0 Å². The highest BCUT2D eigenvalue weighted by molar-refractivity contribution is 5.82. The van der Waals surface area contributed by atoms with Crippen LogP contribution < -0.4 is 5.32 Å². The summed E-state index contributed by atoms with van der Waals surface area (Å²) < 4.78 is 5.40. The molecule has 25 heavy (non-hydrogen) atoms. The number of ether oxygens (including phenoxy) is 1. The minimum absolute atomic E-state index is 0.116. The van der Waals surface area contributed by atoms with Crippen LogP contribution in [0.15, 0.2) is 24.3 Å². The molecule has 2 aliphatic heterocycles. The molecule has 1 aromatic rings. The van der Waals surface area contributed by atoms with Crippen molar-refractivity contribution in [3.05, 3.63) is 35.4 Å². The number of aliphatic hydroxyl groups excluding tert-OH is 1. The molecule has 1 spiro atoms. The Morgan fingerprint density at radius 1 is 1.32 bits per heavy atom. The number of hydrogen-bond donors (Lipinski definition) is 2. The molecule has 2 unspecified atom stereocenters. The third kappa shape index (κ3) is 3.73. The van der Waals surface area contributed by atoms with Crippen molar-refractivity contribution in [2.24, 2.45) is 11.3 Å². The highest BCUT2D eigenvalue weighted by atomic mass is 16.5. The Morgan fingerprint density at radius 3 is 2.88 bits per heavy atom. The van der Waals surface area contributed by atoms with E-state index in [1.54, 1.807) is 0 Å². The predicted molar refractivity (Wildman–Crippen MR) is 95.0 cm³/mol. The van der Waals surface area contributed by atoms with Crippen LogP contribution in [-0.2, 0) is 22.5 Å². The number of aliphatic hydroxyl groups is 1. The summed E-state index contributed by atoms with van der Waals surface area (Å²) in [7, 11) is 0. The lowest BCUT2D eigenvalue weighted by molar-refractivity contribution is -0.124. The summed E-state index contributed by atoms with van der Waals surface area (Å²) in [5.41, 5.74) is 2.96. The number of rotatable bonds is 5. The summed E-state index contributed by atoms with van der Waals surface area (Å²) >= 11 is 0. The van der Waals surface area contributed by atoms with Gasteiger partial charge in [0.1, 0.15) is 0 Å². The number of β-amino-alcohol motifs (C(OH)–C–C–N with tert-alkyl or cyclic N) is 1. The molecule has 1 saturated carbocycles. The van der Waals surface area contributed by atoms with Gasteiger partial charge in [-0.3, -0.25) is 9.69 Å². The van der Waals surface area contributed by atoms with E-state index in [1.165, 1.54) is 11.1 Å². The number of fused-ring (bicyclic) bond motifs is 1. The van der Waals surface area contributed by atoms with Crippen molar-refractivity contribution in [1.29, 1.82) is 0 Å². The molecule has 1 aromatic carbocycles. The van der Waals surface area contributed by atoms with Crippen molar-refractivity contribution in [3.8, 4) is 0 Å². The Hall–Kier alpha value is -1.43. The van der Waals surface area contributed by atoms with Gasteiger partial charge in [0.2, 0.25) is 5.91 Å². The van der Waals surface area contributed by atoms with Crippen LogP contribution >= 0.6 is 0 Å². The van der Waals surface area contributed by atoms with E-state index in [-0.39, 0.29) is 17.2 Å². The molecule has 0 bridgehead atoms. The number of nitrogens with zero attached hydrogens (tertiary/aromatic N) is 1. The molecule has 4 rings (SSSR count). The fourth-order valence-electron chi connectivity index (χ4n) is 4.46. The lowest BCUT2D eigenvalue weighted by Gasteiger charge is -2.30. The first kappa shape index (κ1) is 17.0. The fourth-order valence-corrected chi connectivity index (χ4v) is 4.46. The quantitative estimate of drug-likeness (QED) is 0.846. The minimum atomic E-state index is -0.515. The second kappa shape index (κ2) is 7.06. The van der Waals surface area contributed by atoms with Crippen molar-refractivity contribution in [2.75, 3.05) is 32.8 Å². The van der Waals surface area contributed by atoms with E-state index < -0.39 is 6.10 Å². The van der Waals surface area contributed by atoms with Crippen molar-refractivity contribution >= 4 is 5.91 Å². The monoisotopic (exact) mass is 344 g/mol.